The quantitative estimate of drug-likeness (QED) is 0.679. The molecule has 4 nitrogen and oxygen atoms in total. The van der Waals surface area contributed by atoms with Crippen LogP contribution in [0, 0.1) is 0 Å². The lowest BCUT2D eigenvalue weighted by atomic mass is 10.0. The monoisotopic (exact) mass is 333 g/mol. The zero-order valence-corrected chi connectivity index (χ0v) is 14.2. The van der Waals surface area contributed by atoms with Crippen molar-refractivity contribution in [3.63, 3.8) is 0 Å². The number of hydrazone groups is 1. The Kier molecular flexibility index (Phi) is 3.80. The molecule has 0 aromatic heterocycles. The molecule has 2 aromatic carbocycles. The normalized spacial score (nSPS) is 34.9. The van der Waals surface area contributed by atoms with E-state index >= 15 is 0 Å². The molecule has 0 bridgehead atoms. The summed E-state index contributed by atoms with van der Waals surface area (Å²) in [6, 6.07) is 22.0. The van der Waals surface area contributed by atoms with Crippen LogP contribution in [0.1, 0.15) is 48.9 Å². The standard InChI is InChI=1S/C21H23N3O/c1-3-9-15(10-4-1)19-20(16-11-5-2-6-12-16)24(19)23-22-17-13-7-8-14-18-21(17)25-18/h1-6,9-12,18-21,23H,7-8,13-14H2/b22-17+/t18?,19-,20-,21?/m0/s1. The van der Waals surface area contributed by atoms with E-state index in [0.29, 0.717) is 18.2 Å². The second-order valence-electron chi connectivity index (χ2n) is 7.16. The van der Waals surface area contributed by atoms with Crippen molar-refractivity contribution < 1.29 is 4.74 Å². The van der Waals surface area contributed by atoms with Gasteiger partial charge >= 0.3 is 0 Å². The van der Waals surface area contributed by atoms with Crippen LogP contribution in [0.4, 0.5) is 0 Å². The molecule has 128 valence electrons. The summed E-state index contributed by atoms with van der Waals surface area (Å²) >= 11 is 0. The molecule has 0 spiro atoms. The van der Waals surface area contributed by atoms with Gasteiger partial charge in [0.05, 0.1) is 23.9 Å². The van der Waals surface area contributed by atoms with Gasteiger partial charge in [-0.2, -0.15) is 10.1 Å². The minimum atomic E-state index is 0.264. The number of hydrogen-bond donors (Lipinski definition) is 1. The number of hydrazine groups is 1. The number of nitrogens with zero attached hydrogens (tertiary/aromatic N) is 2. The van der Waals surface area contributed by atoms with Crippen LogP contribution >= 0.6 is 0 Å². The van der Waals surface area contributed by atoms with Crippen molar-refractivity contribution in [3.05, 3.63) is 71.8 Å². The lowest BCUT2D eigenvalue weighted by Crippen LogP contribution is -2.21. The summed E-state index contributed by atoms with van der Waals surface area (Å²) < 4.78 is 5.76. The van der Waals surface area contributed by atoms with Crippen LogP contribution in [0.15, 0.2) is 65.8 Å². The zero-order chi connectivity index (χ0) is 16.6. The van der Waals surface area contributed by atoms with Gasteiger partial charge in [0.2, 0.25) is 0 Å². The van der Waals surface area contributed by atoms with Crippen LogP contribution in [0.25, 0.3) is 0 Å². The molecule has 4 heteroatoms. The number of nitrogens with one attached hydrogen (secondary N) is 1. The summed E-state index contributed by atoms with van der Waals surface area (Å²) in [7, 11) is 0. The van der Waals surface area contributed by atoms with Crippen molar-refractivity contribution in [2.24, 2.45) is 5.10 Å². The maximum Gasteiger partial charge on any atom is 0.124 e. The highest BCUT2D eigenvalue weighted by atomic mass is 16.6. The van der Waals surface area contributed by atoms with Gasteiger partial charge in [0.1, 0.15) is 6.10 Å². The summed E-state index contributed by atoms with van der Waals surface area (Å²) in [5, 5.41) is 7.00. The predicted molar refractivity (Wildman–Crippen MR) is 97.9 cm³/mol. The lowest BCUT2D eigenvalue weighted by Gasteiger charge is -2.06. The first-order valence-corrected chi connectivity index (χ1v) is 9.27. The number of benzene rings is 2. The average Bonchev–Trinajstić information content (AvgIpc) is 3.55. The predicted octanol–water partition coefficient (Wildman–Crippen LogP) is 3.99. The third kappa shape index (κ3) is 2.96. The highest BCUT2D eigenvalue weighted by Crippen LogP contribution is 2.52. The smallest absolute Gasteiger partial charge is 0.124 e. The van der Waals surface area contributed by atoms with Gasteiger partial charge in [0, 0.05) is 0 Å². The Morgan fingerprint density at radius 2 is 1.52 bits per heavy atom. The van der Waals surface area contributed by atoms with Gasteiger partial charge < -0.3 is 4.74 Å². The fraction of sp³-hybridized carbons (Fsp3) is 0.381. The molecule has 0 radical (unpaired) electrons. The number of epoxide rings is 1. The third-order valence-electron chi connectivity index (χ3n) is 5.48. The van der Waals surface area contributed by atoms with Crippen molar-refractivity contribution >= 4 is 5.71 Å². The van der Waals surface area contributed by atoms with E-state index in [1.165, 1.54) is 36.1 Å². The molecule has 25 heavy (non-hydrogen) atoms. The summed E-state index contributed by atoms with van der Waals surface area (Å²) in [5.41, 5.74) is 7.19. The first kappa shape index (κ1) is 15.1. The van der Waals surface area contributed by atoms with Gasteiger partial charge in [0.25, 0.3) is 0 Å². The number of ether oxygens (including phenoxy) is 1. The van der Waals surface area contributed by atoms with Gasteiger partial charge in [-0.1, -0.05) is 67.1 Å². The van der Waals surface area contributed by atoms with E-state index in [2.05, 4.69) is 71.2 Å². The molecule has 2 aromatic rings. The molecule has 1 aliphatic carbocycles. The SMILES string of the molecule is c1ccc([C@H]2[C@H](c3ccccc3)N2N/N=C2\CCCCC3OC23)cc1. The minimum Gasteiger partial charge on any atom is -0.363 e. The fourth-order valence-electron chi connectivity index (χ4n) is 4.03. The first-order valence-electron chi connectivity index (χ1n) is 9.27. The van der Waals surface area contributed by atoms with E-state index in [1.807, 2.05) is 0 Å². The van der Waals surface area contributed by atoms with Crippen molar-refractivity contribution in [1.29, 1.82) is 0 Å². The van der Waals surface area contributed by atoms with E-state index in [1.54, 1.807) is 0 Å². The second-order valence-corrected chi connectivity index (χ2v) is 7.16. The van der Waals surface area contributed by atoms with E-state index < -0.39 is 0 Å². The Hall–Kier alpha value is -2.17. The molecular formula is C21H23N3O. The fourth-order valence-corrected chi connectivity index (χ4v) is 4.03. The van der Waals surface area contributed by atoms with Crippen molar-refractivity contribution in [2.75, 3.05) is 0 Å². The molecule has 3 aliphatic rings. The summed E-state index contributed by atoms with van der Waals surface area (Å²) in [5.74, 6) is 0. The second kappa shape index (κ2) is 6.28. The van der Waals surface area contributed by atoms with Gasteiger partial charge in [-0.3, -0.25) is 0 Å². The summed E-state index contributed by atoms with van der Waals surface area (Å²) in [6.07, 6.45) is 5.40. The molecular weight excluding hydrogens is 310 g/mol. The van der Waals surface area contributed by atoms with E-state index in [4.69, 9.17) is 9.84 Å². The van der Waals surface area contributed by atoms with Crippen molar-refractivity contribution in [3.8, 4) is 0 Å². The molecule has 4 atom stereocenters. The van der Waals surface area contributed by atoms with E-state index in [-0.39, 0.29) is 6.10 Å². The molecule has 2 saturated heterocycles. The van der Waals surface area contributed by atoms with Crippen LogP contribution < -0.4 is 5.53 Å². The molecule has 1 saturated carbocycles. The average molecular weight is 333 g/mol. The van der Waals surface area contributed by atoms with Crippen molar-refractivity contribution in [1.82, 2.24) is 10.5 Å². The zero-order valence-electron chi connectivity index (χ0n) is 14.2. The Morgan fingerprint density at radius 3 is 2.16 bits per heavy atom. The van der Waals surface area contributed by atoms with Gasteiger partial charge in [0.15, 0.2) is 0 Å². The summed E-state index contributed by atoms with van der Waals surface area (Å²) in [6.45, 7) is 0. The van der Waals surface area contributed by atoms with Gasteiger partial charge in [-0.15, -0.1) is 0 Å². The molecule has 2 aliphatic heterocycles. The van der Waals surface area contributed by atoms with E-state index in [0.717, 1.165) is 6.42 Å². The Morgan fingerprint density at radius 1 is 0.880 bits per heavy atom. The molecule has 2 heterocycles. The van der Waals surface area contributed by atoms with Gasteiger partial charge in [-0.25, -0.2) is 5.53 Å². The molecule has 1 N–H and O–H groups in total. The maximum atomic E-state index is 5.76. The van der Waals surface area contributed by atoms with Gasteiger partial charge in [-0.05, 0) is 30.4 Å². The minimum absolute atomic E-state index is 0.264. The molecule has 2 unspecified atom stereocenters. The Labute approximate surface area is 148 Å². The van der Waals surface area contributed by atoms with Crippen LogP contribution in [-0.2, 0) is 4.74 Å². The van der Waals surface area contributed by atoms with Crippen LogP contribution in [0.3, 0.4) is 0 Å². The maximum absolute atomic E-state index is 5.76. The topological polar surface area (TPSA) is 39.9 Å². The van der Waals surface area contributed by atoms with Crippen molar-refractivity contribution in [2.45, 2.75) is 50.0 Å². The lowest BCUT2D eigenvalue weighted by molar-refractivity contribution is 0.353. The number of fused-ring (bicyclic) bond motifs is 1. The van der Waals surface area contributed by atoms with Crippen LogP contribution in [0.2, 0.25) is 0 Å². The van der Waals surface area contributed by atoms with Crippen LogP contribution in [0.5, 0.6) is 0 Å². The Balaban J connectivity index is 1.37. The molecule has 5 rings (SSSR count). The van der Waals surface area contributed by atoms with E-state index in [9.17, 15) is 0 Å². The first-order chi connectivity index (χ1) is 12.4. The van der Waals surface area contributed by atoms with Crippen LogP contribution in [-0.4, -0.2) is 22.9 Å². The molecule has 3 fully saturated rings. The summed E-state index contributed by atoms with van der Waals surface area (Å²) in [4.78, 5) is 0. The Bertz CT molecular complexity index is 716. The number of hydrogen-bond acceptors (Lipinski definition) is 4. The highest BCUT2D eigenvalue weighted by molar-refractivity contribution is 5.91. The largest absolute Gasteiger partial charge is 0.363 e. The number of rotatable bonds is 4. The molecule has 0 amide bonds. The third-order valence-corrected chi connectivity index (χ3v) is 5.48. The highest BCUT2D eigenvalue weighted by Gasteiger charge is 2.50.